The van der Waals surface area contributed by atoms with E-state index in [0.717, 1.165) is 4.90 Å². The summed E-state index contributed by atoms with van der Waals surface area (Å²) in [5, 5.41) is 8.62. The highest BCUT2D eigenvalue weighted by Gasteiger charge is 2.48. The van der Waals surface area contributed by atoms with E-state index in [1.54, 1.807) is 12.1 Å². The minimum absolute atomic E-state index is 0. The number of nitrogens with zero attached hydrogens (tertiary/aromatic N) is 5. The van der Waals surface area contributed by atoms with E-state index in [1.807, 2.05) is 0 Å². The topological polar surface area (TPSA) is 81.6 Å². The molecular formula is C22H21Cl2F5N6O. The van der Waals surface area contributed by atoms with Crippen LogP contribution in [0.5, 0.6) is 5.75 Å². The lowest BCUT2D eigenvalue weighted by molar-refractivity contribution is -0.184. The number of fused-ring (bicyclic) bond motifs is 2. The molecule has 0 aliphatic carbocycles. The lowest BCUT2D eigenvalue weighted by atomic mass is 10.1. The SMILES string of the molecule is COc1cc2nc(-c3nnc4ccc([C@@H](N5C[C@@H](N)[C@@H](F)C5)C(F)(F)F)cn34)ccc2cc1F.Cl.Cl. The van der Waals surface area contributed by atoms with Crippen LogP contribution in [0.4, 0.5) is 22.0 Å². The van der Waals surface area contributed by atoms with Gasteiger partial charge >= 0.3 is 6.18 Å². The second-order valence-electron chi connectivity index (χ2n) is 8.17. The molecule has 194 valence electrons. The van der Waals surface area contributed by atoms with Gasteiger partial charge in [-0.1, -0.05) is 12.1 Å². The van der Waals surface area contributed by atoms with E-state index in [9.17, 15) is 22.0 Å². The summed E-state index contributed by atoms with van der Waals surface area (Å²) in [4.78, 5) is 5.47. The van der Waals surface area contributed by atoms with Crippen LogP contribution >= 0.6 is 24.8 Å². The molecule has 0 unspecified atom stereocenters. The maximum absolute atomic E-state index is 14.0. The highest BCUT2D eigenvalue weighted by atomic mass is 35.5. The Labute approximate surface area is 214 Å². The van der Waals surface area contributed by atoms with Crippen LogP contribution in [-0.2, 0) is 0 Å². The molecule has 0 amide bonds. The molecule has 14 heteroatoms. The Balaban J connectivity index is 0.00000180. The molecule has 2 N–H and O–H groups in total. The zero-order chi connectivity index (χ0) is 24.2. The molecule has 1 saturated heterocycles. The van der Waals surface area contributed by atoms with E-state index in [2.05, 4.69) is 15.2 Å². The third-order valence-corrected chi connectivity index (χ3v) is 5.93. The van der Waals surface area contributed by atoms with Crippen molar-refractivity contribution in [2.45, 2.75) is 24.4 Å². The Kier molecular flexibility index (Phi) is 7.94. The zero-order valence-corrected chi connectivity index (χ0v) is 20.2. The van der Waals surface area contributed by atoms with Crippen molar-refractivity contribution in [2.75, 3.05) is 20.2 Å². The van der Waals surface area contributed by atoms with E-state index in [1.165, 1.54) is 42.0 Å². The number of alkyl halides is 4. The monoisotopic (exact) mass is 550 g/mol. The predicted octanol–water partition coefficient (Wildman–Crippen LogP) is 4.52. The second-order valence-corrected chi connectivity index (χ2v) is 8.17. The van der Waals surface area contributed by atoms with Crippen LogP contribution < -0.4 is 10.5 Å². The van der Waals surface area contributed by atoms with E-state index in [-0.39, 0.29) is 48.5 Å². The average molecular weight is 551 g/mol. The van der Waals surface area contributed by atoms with Crippen LogP contribution in [0.3, 0.4) is 0 Å². The van der Waals surface area contributed by atoms with Gasteiger partial charge in [0, 0.05) is 36.8 Å². The lowest BCUT2D eigenvalue weighted by Crippen LogP contribution is -2.38. The van der Waals surface area contributed by atoms with Crippen molar-refractivity contribution in [1.29, 1.82) is 0 Å². The van der Waals surface area contributed by atoms with Gasteiger partial charge in [0.2, 0.25) is 0 Å². The number of rotatable bonds is 4. The Morgan fingerprint density at radius 3 is 2.47 bits per heavy atom. The molecule has 1 aliphatic heterocycles. The number of benzene rings is 1. The number of ether oxygens (including phenoxy) is 1. The van der Waals surface area contributed by atoms with Gasteiger partial charge in [-0.05, 0) is 23.8 Å². The van der Waals surface area contributed by atoms with Crippen LogP contribution in [0.15, 0.2) is 42.6 Å². The van der Waals surface area contributed by atoms with Gasteiger partial charge in [-0.2, -0.15) is 13.2 Å². The number of nitrogens with two attached hydrogens (primary N) is 1. The van der Waals surface area contributed by atoms with E-state index in [0.29, 0.717) is 22.2 Å². The summed E-state index contributed by atoms with van der Waals surface area (Å²) >= 11 is 0. The Morgan fingerprint density at radius 1 is 1.08 bits per heavy atom. The summed E-state index contributed by atoms with van der Waals surface area (Å²) in [7, 11) is 1.33. The molecule has 0 radical (unpaired) electrons. The first-order valence-electron chi connectivity index (χ1n) is 10.4. The van der Waals surface area contributed by atoms with Gasteiger partial charge in [0.15, 0.2) is 23.0 Å². The van der Waals surface area contributed by atoms with E-state index >= 15 is 0 Å². The molecule has 4 aromatic rings. The predicted molar refractivity (Wildman–Crippen MR) is 128 cm³/mol. The van der Waals surface area contributed by atoms with Crippen LogP contribution in [0.1, 0.15) is 11.6 Å². The molecule has 1 fully saturated rings. The minimum Gasteiger partial charge on any atom is -0.494 e. The summed E-state index contributed by atoms with van der Waals surface area (Å²) in [5.74, 6) is -0.338. The Bertz CT molecular complexity index is 1370. The molecule has 0 saturated carbocycles. The Morgan fingerprint density at radius 2 is 1.83 bits per heavy atom. The molecule has 3 atom stereocenters. The molecule has 36 heavy (non-hydrogen) atoms. The fourth-order valence-corrected chi connectivity index (χ4v) is 4.29. The summed E-state index contributed by atoms with van der Waals surface area (Å²) < 4.78 is 76.4. The summed E-state index contributed by atoms with van der Waals surface area (Å²) in [5.41, 5.74) is 6.56. The van der Waals surface area contributed by atoms with Crippen LogP contribution in [0, 0.1) is 5.82 Å². The number of hydrogen-bond donors (Lipinski definition) is 1. The molecule has 0 spiro atoms. The van der Waals surface area contributed by atoms with Gasteiger partial charge in [-0.25, -0.2) is 13.8 Å². The number of likely N-dealkylation sites (tertiary alicyclic amines) is 1. The highest BCUT2D eigenvalue weighted by Crippen LogP contribution is 2.40. The summed E-state index contributed by atoms with van der Waals surface area (Å²) in [6.07, 6.45) is -4.92. The lowest BCUT2D eigenvalue weighted by Gasteiger charge is -2.29. The highest BCUT2D eigenvalue weighted by molar-refractivity contribution is 5.85. The van der Waals surface area contributed by atoms with Crippen molar-refractivity contribution in [3.8, 4) is 17.3 Å². The van der Waals surface area contributed by atoms with Gasteiger partial charge in [0.1, 0.15) is 17.9 Å². The summed E-state index contributed by atoms with van der Waals surface area (Å²) in [6.45, 7) is -0.633. The van der Waals surface area contributed by atoms with Crippen molar-refractivity contribution < 1.29 is 26.7 Å². The number of hydrogen-bond acceptors (Lipinski definition) is 6. The zero-order valence-electron chi connectivity index (χ0n) is 18.6. The first-order valence-corrected chi connectivity index (χ1v) is 10.4. The number of aromatic nitrogens is 4. The fraction of sp³-hybridized carbons (Fsp3) is 0.318. The van der Waals surface area contributed by atoms with Gasteiger partial charge in [0.05, 0.1) is 12.6 Å². The third-order valence-electron chi connectivity index (χ3n) is 5.93. The maximum Gasteiger partial charge on any atom is 0.408 e. The van der Waals surface area contributed by atoms with Gasteiger partial charge in [-0.15, -0.1) is 35.0 Å². The van der Waals surface area contributed by atoms with Crippen LogP contribution in [0.2, 0.25) is 0 Å². The van der Waals surface area contributed by atoms with Crippen LogP contribution in [0.25, 0.3) is 28.1 Å². The molecule has 7 nitrogen and oxygen atoms in total. The largest absolute Gasteiger partial charge is 0.494 e. The van der Waals surface area contributed by atoms with Crippen molar-refractivity contribution in [1.82, 2.24) is 24.5 Å². The minimum atomic E-state index is -4.66. The molecule has 4 heterocycles. The Hall–Kier alpha value is -2.80. The van der Waals surface area contributed by atoms with Crippen molar-refractivity contribution in [3.05, 3.63) is 54.0 Å². The average Bonchev–Trinajstić information content (AvgIpc) is 3.34. The van der Waals surface area contributed by atoms with Crippen molar-refractivity contribution in [2.24, 2.45) is 5.73 Å². The van der Waals surface area contributed by atoms with Crippen molar-refractivity contribution in [3.63, 3.8) is 0 Å². The molecule has 5 rings (SSSR count). The quantitative estimate of drug-likeness (QED) is 0.376. The third kappa shape index (κ3) is 4.90. The van der Waals surface area contributed by atoms with Gasteiger partial charge < -0.3 is 10.5 Å². The molecular weight excluding hydrogens is 530 g/mol. The first kappa shape index (κ1) is 27.8. The standard InChI is InChI=1S/C22H19F5N6O.2ClH/c1-34-18-7-17-11(6-13(18)23)2-4-16(29-17)21-31-30-19-5-3-12(8-33(19)21)20(22(25,26)27)32-9-14(24)15(28)10-32;;/h2-8,14-15,20H,9-10,28H2,1H3;2*1H/t14-,15+,20+;;/m0../s1. The number of pyridine rings is 2. The molecule has 3 aromatic heterocycles. The van der Waals surface area contributed by atoms with Crippen molar-refractivity contribution >= 4 is 41.4 Å². The van der Waals surface area contributed by atoms with E-state index < -0.39 is 36.8 Å². The maximum atomic E-state index is 14.0. The van der Waals surface area contributed by atoms with E-state index in [4.69, 9.17) is 10.5 Å². The van der Waals surface area contributed by atoms with Crippen LogP contribution in [-0.4, -0.2) is 63.1 Å². The van der Waals surface area contributed by atoms with Gasteiger partial charge in [0.25, 0.3) is 0 Å². The molecule has 1 aliphatic rings. The smallest absolute Gasteiger partial charge is 0.408 e. The van der Waals surface area contributed by atoms with Gasteiger partial charge in [-0.3, -0.25) is 9.30 Å². The number of methoxy groups -OCH3 is 1. The second kappa shape index (κ2) is 10.3. The first-order chi connectivity index (χ1) is 16.2. The normalized spacial score (nSPS) is 19.2. The molecule has 0 bridgehead atoms. The molecule has 1 aromatic carbocycles. The summed E-state index contributed by atoms with van der Waals surface area (Å²) in [6, 6.07) is 5.57. The fourth-order valence-electron chi connectivity index (χ4n) is 4.29. The number of halogens is 7.